The number of rotatable bonds is 5. The van der Waals surface area contributed by atoms with E-state index in [2.05, 4.69) is 51.2 Å². The van der Waals surface area contributed by atoms with E-state index in [1.165, 1.54) is 5.19 Å². The van der Waals surface area contributed by atoms with Crippen molar-refractivity contribution in [2.24, 2.45) is 5.92 Å². The van der Waals surface area contributed by atoms with Crippen LogP contribution in [-0.2, 0) is 0 Å². The second kappa shape index (κ2) is 6.00. The minimum atomic E-state index is -1.81. The van der Waals surface area contributed by atoms with E-state index in [-0.39, 0.29) is 5.54 Å². The maximum atomic E-state index is 10.3. The molecule has 0 saturated carbocycles. The molecule has 1 rings (SSSR count). The summed E-state index contributed by atoms with van der Waals surface area (Å²) in [5.74, 6) is 0.358. The average molecular weight is 266 g/mol. The molecule has 0 bridgehead atoms. The normalized spacial score (nSPS) is 17.6. The highest BCUT2D eigenvalue weighted by Crippen LogP contribution is 2.34. The minimum absolute atomic E-state index is 0.153. The second-order valence-corrected chi connectivity index (χ2v) is 10.8. The topological polar surface area (TPSA) is 40.5 Å². The third kappa shape index (κ3) is 3.22. The molecular weight excluding hydrogens is 240 g/mol. The molecule has 0 aliphatic carbocycles. The molecule has 1 aromatic carbocycles. The van der Waals surface area contributed by atoms with Gasteiger partial charge in [-0.2, -0.15) is 0 Å². The molecule has 102 valence electrons. The van der Waals surface area contributed by atoms with Crippen LogP contribution >= 0.6 is 0 Å². The highest BCUT2D eigenvalue weighted by molar-refractivity contribution is 6.91. The van der Waals surface area contributed by atoms with Crippen LogP contribution in [0.2, 0.25) is 18.6 Å². The van der Waals surface area contributed by atoms with Crippen LogP contribution in [0.4, 0.5) is 0 Å². The molecule has 0 fully saturated rings. The van der Waals surface area contributed by atoms with Gasteiger partial charge < -0.3 is 10.2 Å². The van der Waals surface area contributed by atoms with Crippen molar-refractivity contribution in [1.82, 2.24) is 0 Å². The van der Waals surface area contributed by atoms with Crippen molar-refractivity contribution < 1.29 is 10.2 Å². The Hall–Kier alpha value is -0.643. The van der Waals surface area contributed by atoms with Crippen molar-refractivity contribution in [1.29, 1.82) is 0 Å². The highest BCUT2D eigenvalue weighted by atomic mass is 28.3. The zero-order chi connectivity index (χ0) is 13.9. The Balaban J connectivity index is 3.12. The van der Waals surface area contributed by atoms with Gasteiger partial charge in [-0.1, -0.05) is 62.5 Å². The van der Waals surface area contributed by atoms with Gasteiger partial charge in [-0.15, -0.1) is 0 Å². The summed E-state index contributed by atoms with van der Waals surface area (Å²) < 4.78 is 0. The van der Waals surface area contributed by atoms with Gasteiger partial charge in [0.25, 0.3) is 0 Å². The van der Waals surface area contributed by atoms with Gasteiger partial charge in [0.1, 0.15) is 0 Å². The van der Waals surface area contributed by atoms with E-state index in [4.69, 9.17) is 0 Å². The van der Waals surface area contributed by atoms with Gasteiger partial charge in [0.2, 0.25) is 0 Å². The second-order valence-electron chi connectivity index (χ2n) is 6.09. The maximum Gasteiger partial charge on any atom is 0.0865 e. The van der Waals surface area contributed by atoms with Gasteiger partial charge in [0, 0.05) is 0 Å². The average Bonchev–Trinajstić information content (AvgIpc) is 2.29. The molecule has 18 heavy (non-hydrogen) atoms. The van der Waals surface area contributed by atoms with E-state index in [0.29, 0.717) is 5.92 Å². The summed E-state index contributed by atoms with van der Waals surface area (Å²) in [5, 5.41) is 21.4. The molecule has 0 saturated heterocycles. The third-order valence-electron chi connectivity index (χ3n) is 3.93. The molecule has 0 aliphatic heterocycles. The van der Waals surface area contributed by atoms with E-state index in [1.54, 1.807) is 6.92 Å². The summed E-state index contributed by atoms with van der Waals surface area (Å²) in [5.41, 5.74) is 0.153. The summed E-state index contributed by atoms with van der Waals surface area (Å²) in [6.07, 6.45) is -1.32. The van der Waals surface area contributed by atoms with Crippen molar-refractivity contribution in [3.63, 3.8) is 0 Å². The van der Waals surface area contributed by atoms with Gasteiger partial charge >= 0.3 is 0 Å². The minimum Gasteiger partial charge on any atom is -0.391 e. The number of hydrogen-bond donors (Lipinski definition) is 2. The highest BCUT2D eigenvalue weighted by Gasteiger charge is 2.41. The zero-order valence-electron chi connectivity index (χ0n) is 12.1. The molecule has 0 heterocycles. The molecule has 3 heteroatoms. The van der Waals surface area contributed by atoms with Gasteiger partial charge in [-0.3, -0.25) is 0 Å². The molecule has 3 atom stereocenters. The van der Waals surface area contributed by atoms with Crippen LogP contribution in [0.15, 0.2) is 30.3 Å². The Morgan fingerprint density at radius 3 is 1.83 bits per heavy atom. The van der Waals surface area contributed by atoms with Gasteiger partial charge in [-0.05, 0) is 18.4 Å². The fraction of sp³-hybridized carbons (Fsp3) is 0.600. The lowest BCUT2D eigenvalue weighted by molar-refractivity contribution is 0.0176. The molecule has 0 spiro atoms. The molecule has 0 aliphatic rings. The van der Waals surface area contributed by atoms with E-state index in [1.807, 2.05) is 6.07 Å². The third-order valence-corrected chi connectivity index (χ3v) is 8.43. The quantitative estimate of drug-likeness (QED) is 0.803. The van der Waals surface area contributed by atoms with Crippen molar-refractivity contribution >= 4 is 13.3 Å². The Morgan fingerprint density at radius 2 is 1.44 bits per heavy atom. The van der Waals surface area contributed by atoms with Crippen molar-refractivity contribution in [2.75, 3.05) is 0 Å². The van der Waals surface area contributed by atoms with Gasteiger partial charge in [-0.25, -0.2) is 0 Å². The molecule has 0 amide bonds. The molecule has 0 radical (unpaired) electrons. The fourth-order valence-electron chi connectivity index (χ4n) is 3.01. The Bertz CT molecular complexity index is 360. The molecular formula is C15H26O2Si. The number of aliphatic hydroxyl groups excluding tert-OH is 2. The van der Waals surface area contributed by atoms with E-state index in [0.717, 1.165) is 0 Å². The van der Waals surface area contributed by atoms with Crippen molar-refractivity contribution in [2.45, 2.75) is 51.6 Å². The Labute approximate surface area is 112 Å². The number of benzene rings is 1. The lowest BCUT2D eigenvalue weighted by Gasteiger charge is -2.40. The Kier molecular flexibility index (Phi) is 5.14. The summed E-state index contributed by atoms with van der Waals surface area (Å²) in [4.78, 5) is 0. The molecule has 0 aromatic heterocycles. The largest absolute Gasteiger partial charge is 0.391 e. The monoisotopic (exact) mass is 266 g/mol. The Morgan fingerprint density at radius 1 is 0.944 bits per heavy atom. The van der Waals surface area contributed by atoms with Crippen LogP contribution in [0.3, 0.4) is 0 Å². The van der Waals surface area contributed by atoms with Crippen LogP contribution in [-0.4, -0.2) is 30.5 Å². The summed E-state index contributed by atoms with van der Waals surface area (Å²) >= 11 is 0. The summed E-state index contributed by atoms with van der Waals surface area (Å²) in [6.45, 7) is 10.5. The predicted molar refractivity (Wildman–Crippen MR) is 79.8 cm³/mol. The lowest BCUT2D eigenvalue weighted by atomic mass is 10.0. The molecule has 0 unspecified atom stereocenters. The summed E-state index contributed by atoms with van der Waals surface area (Å²) in [7, 11) is -1.81. The van der Waals surface area contributed by atoms with Crippen LogP contribution in [0, 0.1) is 5.92 Å². The van der Waals surface area contributed by atoms with E-state index >= 15 is 0 Å². The zero-order valence-corrected chi connectivity index (χ0v) is 13.1. The van der Waals surface area contributed by atoms with Gasteiger partial charge in [0.15, 0.2) is 0 Å². The van der Waals surface area contributed by atoms with E-state index in [9.17, 15) is 10.2 Å². The lowest BCUT2D eigenvalue weighted by Crippen LogP contribution is -2.53. The maximum absolute atomic E-state index is 10.3. The predicted octanol–water partition coefficient (Wildman–Crippen LogP) is 2.37. The first-order valence-electron chi connectivity index (χ1n) is 6.70. The fourth-order valence-corrected chi connectivity index (χ4v) is 7.25. The first-order chi connectivity index (χ1) is 8.28. The van der Waals surface area contributed by atoms with Crippen LogP contribution in [0.5, 0.6) is 0 Å². The SMILES string of the molecule is CC(C)[C@@H]([C@@H](O)[C@@H](C)O)[Si](C)(C)c1ccccc1. The smallest absolute Gasteiger partial charge is 0.0865 e. The number of aliphatic hydroxyl groups is 2. The molecule has 1 aromatic rings. The summed E-state index contributed by atoms with van der Waals surface area (Å²) in [6, 6.07) is 10.4. The number of hydrogen-bond acceptors (Lipinski definition) is 2. The van der Waals surface area contributed by atoms with Crippen LogP contribution < -0.4 is 5.19 Å². The standard InChI is InChI=1S/C15H26O2Si/c1-11(2)15(14(17)12(3)16)18(4,5)13-9-7-6-8-10-13/h6-12,14-17H,1-5H3/t12-,14+,15+/m1/s1. The molecule has 2 N–H and O–H groups in total. The first-order valence-corrected chi connectivity index (χ1v) is 9.78. The van der Waals surface area contributed by atoms with Crippen LogP contribution in [0.25, 0.3) is 0 Å². The first kappa shape index (κ1) is 15.4. The van der Waals surface area contributed by atoms with Crippen molar-refractivity contribution in [3.8, 4) is 0 Å². The van der Waals surface area contributed by atoms with Gasteiger partial charge in [0.05, 0.1) is 20.3 Å². The van der Waals surface area contributed by atoms with E-state index < -0.39 is 20.3 Å². The van der Waals surface area contributed by atoms with Crippen molar-refractivity contribution in [3.05, 3.63) is 30.3 Å². The molecule has 2 nitrogen and oxygen atoms in total. The van der Waals surface area contributed by atoms with Crippen LogP contribution in [0.1, 0.15) is 20.8 Å².